The molecule has 1 aromatic rings. The highest BCUT2D eigenvalue weighted by Gasteiger charge is 2.29. The second kappa shape index (κ2) is 7.64. The predicted octanol–water partition coefficient (Wildman–Crippen LogP) is 3.06. The molecule has 1 aromatic heterocycles. The van der Waals surface area contributed by atoms with E-state index in [0.717, 1.165) is 25.7 Å². The minimum Gasteiger partial charge on any atom is -0.368 e. The van der Waals surface area contributed by atoms with Crippen molar-refractivity contribution in [3.05, 3.63) is 23.6 Å². The molecule has 1 saturated carbocycles. The number of pyridine rings is 1. The number of amides is 1. The molecule has 2 atom stereocenters. The maximum Gasteiger partial charge on any atom is 0.254 e. The minimum absolute atomic E-state index is 0.0651. The lowest BCUT2D eigenvalue weighted by Gasteiger charge is -2.19. The van der Waals surface area contributed by atoms with Gasteiger partial charge in [-0.2, -0.15) is 11.8 Å². The summed E-state index contributed by atoms with van der Waals surface area (Å²) in [6.07, 6.45) is 7.57. The third-order valence-corrected chi connectivity index (χ3v) is 4.92. The van der Waals surface area contributed by atoms with Gasteiger partial charge in [-0.3, -0.25) is 4.79 Å². The van der Waals surface area contributed by atoms with Gasteiger partial charge in [0.05, 0.1) is 5.56 Å². The van der Waals surface area contributed by atoms with E-state index in [9.17, 15) is 9.18 Å². The molecular weight excluding hydrogens is 289 g/mol. The lowest BCUT2D eigenvalue weighted by molar-refractivity contribution is 0.0934. The third kappa shape index (κ3) is 3.87. The van der Waals surface area contributed by atoms with Gasteiger partial charge in [0.1, 0.15) is 0 Å². The zero-order valence-corrected chi connectivity index (χ0v) is 13.3. The highest BCUT2D eigenvalue weighted by molar-refractivity contribution is 7.99. The van der Waals surface area contributed by atoms with Gasteiger partial charge in [-0.15, -0.1) is 0 Å². The molecule has 2 rings (SSSR count). The first-order chi connectivity index (χ1) is 10.2. The van der Waals surface area contributed by atoms with Crippen LogP contribution in [-0.2, 0) is 0 Å². The van der Waals surface area contributed by atoms with Crippen molar-refractivity contribution in [1.82, 2.24) is 10.3 Å². The van der Waals surface area contributed by atoms with Crippen molar-refractivity contribution >= 4 is 23.5 Å². The molecule has 6 heteroatoms. The Morgan fingerprint density at radius 2 is 2.33 bits per heavy atom. The van der Waals surface area contributed by atoms with Gasteiger partial charge in [-0.25, -0.2) is 9.37 Å². The van der Waals surface area contributed by atoms with Crippen molar-refractivity contribution in [2.45, 2.75) is 43.9 Å². The summed E-state index contributed by atoms with van der Waals surface area (Å²) in [4.78, 5) is 16.2. The predicted molar refractivity (Wildman–Crippen MR) is 85.4 cm³/mol. The Kier molecular flexibility index (Phi) is 5.85. The molecule has 0 aromatic carbocycles. The average Bonchev–Trinajstić information content (AvgIpc) is 2.93. The molecule has 4 nitrogen and oxygen atoms in total. The smallest absolute Gasteiger partial charge is 0.254 e. The van der Waals surface area contributed by atoms with E-state index in [4.69, 9.17) is 0 Å². The van der Waals surface area contributed by atoms with Crippen LogP contribution in [0, 0.1) is 5.82 Å². The molecule has 0 spiro atoms. The van der Waals surface area contributed by atoms with Gasteiger partial charge in [0.25, 0.3) is 5.91 Å². The van der Waals surface area contributed by atoms with Crippen LogP contribution in [0.3, 0.4) is 0 Å². The highest BCUT2D eigenvalue weighted by atomic mass is 32.2. The van der Waals surface area contributed by atoms with Gasteiger partial charge < -0.3 is 10.6 Å². The van der Waals surface area contributed by atoms with Crippen LogP contribution in [0.15, 0.2) is 12.3 Å². The van der Waals surface area contributed by atoms with Crippen molar-refractivity contribution in [2.24, 2.45) is 0 Å². The van der Waals surface area contributed by atoms with E-state index in [1.807, 2.05) is 6.92 Å². The Morgan fingerprint density at radius 3 is 3.05 bits per heavy atom. The number of nitrogens with one attached hydrogen (secondary N) is 2. The number of nitrogens with zero attached hydrogens (tertiary/aromatic N) is 1. The number of hydrogen-bond donors (Lipinski definition) is 2. The molecule has 0 radical (unpaired) electrons. The summed E-state index contributed by atoms with van der Waals surface area (Å²) >= 11 is 1.76. The standard InChI is InChI=1S/C15H22FN3OS/c1-3-8-17-14-13(16)10(7-9-18-14)15(20)19-11-5-4-6-12(11)21-2/h7,9,11-12H,3-6,8H2,1-2H3,(H,17,18)(H,19,20). The molecule has 2 unspecified atom stereocenters. The number of carbonyl (C=O) groups is 1. The zero-order chi connectivity index (χ0) is 15.2. The van der Waals surface area contributed by atoms with Gasteiger partial charge in [0.2, 0.25) is 0 Å². The van der Waals surface area contributed by atoms with Crippen LogP contribution in [0.25, 0.3) is 0 Å². The molecule has 1 fully saturated rings. The van der Waals surface area contributed by atoms with Gasteiger partial charge in [-0.05, 0) is 31.6 Å². The maximum absolute atomic E-state index is 14.3. The van der Waals surface area contributed by atoms with E-state index < -0.39 is 5.82 Å². The highest BCUT2D eigenvalue weighted by Crippen LogP contribution is 2.28. The number of carbonyl (C=O) groups excluding carboxylic acids is 1. The summed E-state index contributed by atoms with van der Waals surface area (Å²) in [7, 11) is 0. The molecule has 2 N–H and O–H groups in total. The fourth-order valence-corrected chi connectivity index (χ4v) is 3.54. The molecule has 0 bridgehead atoms. The minimum atomic E-state index is -0.567. The fraction of sp³-hybridized carbons (Fsp3) is 0.600. The van der Waals surface area contributed by atoms with Crippen molar-refractivity contribution in [2.75, 3.05) is 18.1 Å². The molecule has 0 saturated heterocycles. The molecular formula is C15H22FN3OS. The van der Waals surface area contributed by atoms with E-state index in [1.54, 1.807) is 11.8 Å². The summed E-state index contributed by atoms with van der Waals surface area (Å²) in [5.74, 6) is -0.764. The Hall–Kier alpha value is -1.30. The Balaban J connectivity index is 2.08. The second-order valence-electron chi connectivity index (χ2n) is 5.23. The molecule has 1 aliphatic carbocycles. The normalized spacial score (nSPS) is 21.3. The van der Waals surface area contributed by atoms with Crippen molar-refractivity contribution in [1.29, 1.82) is 0 Å². The van der Waals surface area contributed by atoms with Gasteiger partial charge >= 0.3 is 0 Å². The first-order valence-corrected chi connectivity index (χ1v) is 8.68. The monoisotopic (exact) mass is 311 g/mol. The van der Waals surface area contributed by atoms with Crippen LogP contribution in [0.4, 0.5) is 10.2 Å². The summed E-state index contributed by atoms with van der Waals surface area (Å²) in [5, 5.41) is 6.29. The topological polar surface area (TPSA) is 54.0 Å². The van der Waals surface area contributed by atoms with Crippen LogP contribution < -0.4 is 10.6 Å². The molecule has 1 amide bonds. The summed E-state index contributed by atoms with van der Waals surface area (Å²) in [6.45, 7) is 2.62. The van der Waals surface area contributed by atoms with E-state index >= 15 is 0 Å². The van der Waals surface area contributed by atoms with Crippen LogP contribution in [0.1, 0.15) is 43.0 Å². The Morgan fingerprint density at radius 1 is 1.52 bits per heavy atom. The molecule has 21 heavy (non-hydrogen) atoms. The molecule has 116 valence electrons. The Labute approximate surface area is 129 Å². The number of aromatic nitrogens is 1. The third-order valence-electron chi connectivity index (χ3n) is 3.75. The quantitative estimate of drug-likeness (QED) is 0.848. The largest absolute Gasteiger partial charge is 0.368 e. The number of halogens is 1. The van der Waals surface area contributed by atoms with Crippen molar-refractivity contribution in [3.8, 4) is 0 Å². The SMILES string of the molecule is CCCNc1nccc(C(=O)NC2CCCC2SC)c1F. The first kappa shape index (κ1) is 16.1. The van der Waals surface area contributed by atoms with Gasteiger partial charge in [0, 0.05) is 24.0 Å². The zero-order valence-electron chi connectivity index (χ0n) is 12.5. The first-order valence-electron chi connectivity index (χ1n) is 7.39. The van der Waals surface area contributed by atoms with E-state index in [1.165, 1.54) is 12.3 Å². The average molecular weight is 311 g/mol. The summed E-state index contributed by atoms with van der Waals surface area (Å²) in [6, 6.07) is 1.57. The van der Waals surface area contributed by atoms with Crippen LogP contribution in [0.5, 0.6) is 0 Å². The number of hydrogen-bond acceptors (Lipinski definition) is 4. The van der Waals surface area contributed by atoms with Crippen molar-refractivity contribution in [3.63, 3.8) is 0 Å². The lowest BCUT2D eigenvalue weighted by atomic mass is 10.2. The fourth-order valence-electron chi connectivity index (χ4n) is 2.61. The molecule has 1 aliphatic rings. The number of anilines is 1. The molecule has 1 heterocycles. The number of thioether (sulfide) groups is 1. The molecule has 0 aliphatic heterocycles. The second-order valence-corrected chi connectivity index (χ2v) is 6.31. The van der Waals surface area contributed by atoms with Crippen LogP contribution in [-0.4, -0.2) is 35.0 Å². The van der Waals surface area contributed by atoms with Crippen LogP contribution >= 0.6 is 11.8 Å². The van der Waals surface area contributed by atoms with Gasteiger partial charge in [-0.1, -0.05) is 13.3 Å². The van der Waals surface area contributed by atoms with Gasteiger partial charge in [0.15, 0.2) is 11.6 Å². The summed E-state index contributed by atoms with van der Waals surface area (Å²) < 4.78 is 14.3. The Bertz CT molecular complexity index is 498. The van der Waals surface area contributed by atoms with Crippen LogP contribution in [0.2, 0.25) is 0 Å². The summed E-state index contributed by atoms with van der Waals surface area (Å²) in [5.41, 5.74) is 0.0651. The number of rotatable bonds is 6. The van der Waals surface area contributed by atoms with E-state index in [-0.39, 0.29) is 23.3 Å². The van der Waals surface area contributed by atoms with E-state index in [2.05, 4.69) is 21.9 Å². The maximum atomic E-state index is 14.3. The van der Waals surface area contributed by atoms with Crippen molar-refractivity contribution < 1.29 is 9.18 Å². The van der Waals surface area contributed by atoms with E-state index in [0.29, 0.717) is 11.8 Å². The lowest BCUT2D eigenvalue weighted by Crippen LogP contribution is -2.39.